The molecule has 0 aliphatic carbocycles. The van der Waals surface area contributed by atoms with Gasteiger partial charge in [0.05, 0.1) is 6.61 Å². The monoisotopic (exact) mass is 268 g/mol. The van der Waals surface area contributed by atoms with Crippen molar-refractivity contribution in [2.75, 3.05) is 19.7 Å². The van der Waals surface area contributed by atoms with Crippen LogP contribution in [-0.2, 0) is 6.42 Å². The normalized spacial score (nSPS) is 12.7. The Morgan fingerprint density at radius 2 is 2.11 bits per heavy atom. The molecule has 0 heterocycles. The standard InChI is InChI=1S/C15H25FN2O/c1-4-19-15-6-5-12(9-13(15)16)7-8-18-14(10-17)11(2)3/h5-6,9,11,14,18H,4,7-8,10,17H2,1-3H3. The van der Waals surface area contributed by atoms with E-state index >= 15 is 0 Å². The van der Waals surface area contributed by atoms with Crippen LogP contribution < -0.4 is 15.8 Å². The molecule has 0 fully saturated rings. The first-order chi connectivity index (χ1) is 9.08. The number of hydrogen-bond acceptors (Lipinski definition) is 3. The highest BCUT2D eigenvalue weighted by molar-refractivity contribution is 5.29. The van der Waals surface area contributed by atoms with Gasteiger partial charge in [-0.2, -0.15) is 0 Å². The molecule has 4 heteroatoms. The van der Waals surface area contributed by atoms with Crippen molar-refractivity contribution < 1.29 is 9.13 Å². The number of benzene rings is 1. The van der Waals surface area contributed by atoms with Gasteiger partial charge < -0.3 is 15.8 Å². The fourth-order valence-electron chi connectivity index (χ4n) is 1.97. The number of halogens is 1. The zero-order valence-corrected chi connectivity index (χ0v) is 12.1. The Morgan fingerprint density at radius 1 is 1.37 bits per heavy atom. The molecule has 0 saturated heterocycles. The van der Waals surface area contributed by atoms with Gasteiger partial charge in [-0.1, -0.05) is 19.9 Å². The van der Waals surface area contributed by atoms with Gasteiger partial charge in [0.15, 0.2) is 11.6 Å². The van der Waals surface area contributed by atoms with Crippen LogP contribution in [0, 0.1) is 11.7 Å². The molecule has 3 nitrogen and oxygen atoms in total. The predicted molar refractivity (Wildman–Crippen MR) is 77.0 cm³/mol. The Kier molecular flexibility index (Phi) is 6.81. The third kappa shape index (κ3) is 5.17. The summed E-state index contributed by atoms with van der Waals surface area (Å²) >= 11 is 0. The van der Waals surface area contributed by atoms with Gasteiger partial charge in [0.25, 0.3) is 0 Å². The van der Waals surface area contributed by atoms with Crippen molar-refractivity contribution in [2.24, 2.45) is 11.7 Å². The summed E-state index contributed by atoms with van der Waals surface area (Å²) in [7, 11) is 0. The first kappa shape index (κ1) is 15.9. The molecule has 0 amide bonds. The molecule has 1 atom stereocenters. The van der Waals surface area contributed by atoms with E-state index in [0.717, 1.165) is 18.5 Å². The van der Waals surface area contributed by atoms with Crippen molar-refractivity contribution in [3.8, 4) is 5.75 Å². The van der Waals surface area contributed by atoms with Gasteiger partial charge in [-0.05, 0) is 43.5 Å². The maximum absolute atomic E-state index is 13.7. The fraction of sp³-hybridized carbons (Fsp3) is 0.600. The molecular formula is C15H25FN2O. The van der Waals surface area contributed by atoms with Crippen molar-refractivity contribution in [1.29, 1.82) is 0 Å². The Bertz CT molecular complexity index is 382. The van der Waals surface area contributed by atoms with E-state index in [-0.39, 0.29) is 5.82 Å². The molecule has 3 N–H and O–H groups in total. The quantitative estimate of drug-likeness (QED) is 0.761. The van der Waals surface area contributed by atoms with Crippen LogP contribution in [0.5, 0.6) is 5.75 Å². The minimum Gasteiger partial charge on any atom is -0.491 e. The van der Waals surface area contributed by atoms with Crippen molar-refractivity contribution >= 4 is 0 Å². The van der Waals surface area contributed by atoms with Crippen LogP contribution in [0.4, 0.5) is 4.39 Å². The molecule has 1 aromatic rings. The molecule has 0 radical (unpaired) electrons. The molecule has 108 valence electrons. The lowest BCUT2D eigenvalue weighted by atomic mass is 10.0. The number of rotatable bonds is 8. The summed E-state index contributed by atoms with van der Waals surface area (Å²) in [5, 5.41) is 3.40. The van der Waals surface area contributed by atoms with Crippen molar-refractivity contribution in [3.05, 3.63) is 29.6 Å². The Hall–Kier alpha value is -1.13. The average molecular weight is 268 g/mol. The topological polar surface area (TPSA) is 47.3 Å². The van der Waals surface area contributed by atoms with Gasteiger partial charge in [-0.3, -0.25) is 0 Å². The summed E-state index contributed by atoms with van der Waals surface area (Å²) in [6, 6.07) is 5.45. The summed E-state index contributed by atoms with van der Waals surface area (Å²) in [6.07, 6.45) is 0.784. The van der Waals surface area contributed by atoms with Crippen molar-refractivity contribution in [1.82, 2.24) is 5.32 Å². The molecule has 1 unspecified atom stereocenters. The highest BCUT2D eigenvalue weighted by Crippen LogP contribution is 2.18. The van der Waals surface area contributed by atoms with Gasteiger partial charge >= 0.3 is 0 Å². The molecule has 1 rings (SSSR count). The van der Waals surface area contributed by atoms with Crippen LogP contribution in [0.25, 0.3) is 0 Å². The lowest BCUT2D eigenvalue weighted by Crippen LogP contribution is -2.41. The Morgan fingerprint density at radius 3 is 2.63 bits per heavy atom. The lowest BCUT2D eigenvalue weighted by molar-refractivity contribution is 0.321. The summed E-state index contributed by atoms with van der Waals surface area (Å²) in [4.78, 5) is 0. The van der Waals surface area contributed by atoms with Crippen molar-refractivity contribution in [2.45, 2.75) is 33.2 Å². The summed E-state index contributed by atoms with van der Waals surface area (Å²) in [6.45, 7) is 8.02. The van der Waals surface area contributed by atoms with Crippen LogP contribution in [0.15, 0.2) is 18.2 Å². The number of nitrogens with two attached hydrogens (primary N) is 1. The zero-order chi connectivity index (χ0) is 14.3. The van der Waals surface area contributed by atoms with Crippen LogP contribution in [0.2, 0.25) is 0 Å². The molecule has 1 aromatic carbocycles. The first-order valence-electron chi connectivity index (χ1n) is 6.93. The Balaban J connectivity index is 2.47. The summed E-state index contributed by atoms with van der Waals surface area (Å²) in [5.74, 6) is 0.530. The average Bonchev–Trinajstić information content (AvgIpc) is 2.37. The molecule has 0 aliphatic rings. The lowest BCUT2D eigenvalue weighted by Gasteiger charge is -2.20. The fourth-order valence-corrected chi connectivity index (χ4v) is 1.97. The van der Waals surface area contributed by atoms with Crippen LogP contribution in [-0.4, -0.2) is 25.7 Å². The van der Waals surface area contributed by atoms with Gasteiger partial charge in [-0.15, -0.1) is 0 Å². The van der Waals surface area contributed by atoms with E-state index < -0.39 is 0 Å². The van der Waals surface area contributed by atoms with E-state index in [0.29, 0.717) is 30.9 Å². The van der Waals surface area contributed by atoms with Crippen LogP contribution in [0.1, 0.15) is 26.3 Å². The minimum absolute atomic E-state index is 0.293. The van der Waals surface area contributed by atoms with Crippen LogP contribution >= 0.6 is 0 Å². The predicted octanol–water partition coefficient (Wildman–Crippen LogP) is 2.34. The third-order valence-electron chi connectivity index (χ3n) is 3.18. The molecule has 0 bridgehead atoms. The minimum atomic E-state index is -0.293. The zero-order valence-electron chi connectivity index (χ0n) is 12.1. The number of hydrogen-bond donors (Lipinski definition) is 2. The smallest absolute Gasteiger partial charge is 0.165 e. The Labute approximate surface area is 115 Å². The largest absolute Gasteiger partial charge is 0.491 e. The van der Waals surface area contributed by atoms with Crippen LogP contribution in [0.3, 0.4) is 0 Å². The maximum atomic E-state index is 13.7. The highest BCUT2D eigenvalue weighted by Gasteiger charge is 2.10. The van der Waals surface area contributed by atoms with E-state index in [9.17, 15) is 4.39 Å². The second-order valence-corrected chi connectivity index (χ2v) is 4.99. The third-order valence-corrected chi connectivity index (χ3v) is 3.18. The second-order valence-electron chi connectivity index (χ2n) is 4.99. The van der Waals surface area contributed by atoms with Gasteiger partial charge in [0.2, 0.25) is 0 Å². The molecule has 0 aliphatic heterocycles. The number of ether oxygens (including phenoxy) is 1. The first-order valence-corrected chi connectivity index (χ1v) is 6.93. The number of nitrogens with one attached hydrogen (secondary N) is 1. The summed E-state index contributed by atoms with van der Waals surface area (Å²) in [5.41, 5.74) is 6.66. The highest BCUT2D eigenvalue weighted by atomic mass is 19.1. The van der Waals surface area contributed by atoms with Gasteiger partial charge in [-0.25, -0.2) is 4.39 Å². The maximum Gasteiger partial charge on any atom is 0.165 e. The molecule has 0 saturated carbocycles. The molecule has 0 aromatic heterocycles. The van der Waals surface area contributed by atoms with E-state index in [4.69, 9.17) is 10.5 Å². The van der Waals surface area contributed by atoms with E-state index in [1.165, 1.54) is 0 Å². The van der Waals surface area contributed by atoms with E-state index in [1.807, 2.05) is 13.0 Å². The second kappa shape index (κ2) is 8.12. The van der Waals surface area contributed by atoms with Gasteiger partial charge in [0.1, 0.15) is 0 Å². The van der Waals surface area contributed by atoms with E-state index in [1.54, 1.807) is 12.1 Å². The van der Waals surface area contributed by atoms with Gasteiger partial charge in [0, 0.05) is 12.6 Å². The van der Waals surface area contributed by atoms with Crippen molar-refractivity contribution in [3.63, 3.8) is 0 Å². The molecular weight excluding hydrogens is 243 g/mol. The molecule has 0 spiro atoms. The summed E-state index contributed by atoms with van der Waals surface area (Å²) < 4.78 is 18.8. The van der Waals surface area contributed by atoms with E-state index in [2.05, 4.69) is 19.2 Å². The molecule has 19 heavy (non-hydrogen) atoms. The SMILES string of the molecule is CCOc1ccc(CCNC(CN)C(C)C)cc1F.